The van der Waals surface area contributed by atoms with Crippen molar-refractivity contribution >= 4 is 5.91 Å². The molecule has 82 valence electrons. The first-order valence-corrected chi connectivity index (χ1v) is 5.66. The highest BCUT2D eigenvalue weighted by molar-refractivity contribution is 5.76. The van der Waals surface area contributed by atoms with Crippen LogP contribution in [0.2, 0.25) is 0 Å². The van der Waals surface area contributed by atoms with Crippen molar-refractivity contribution in [2.24, 2.45) is 11.7 Å². The Morgan fingerprint density at radius 2 is 2.21 bits per heavy atom. The van der Waals surface area contributed by atoms with Crippen LogP contribution in [0.25, 0.3) is 0 Å². The highest BCUT2D eigenvalue weighted by atomic mass is 16.2. The normalized spacial score (nSPS) is 18.8. The molecule has 0 heterocycles. The lowest BCUT2D eigenvalue weighted by Crippen LogP contribution is -2.39. The molecule has 1 fully saturated rings. The molecule has 2 N–H and O–H groups in total. The van der Waals surface area contributed by atoms with E-state index in [1.807, 2.05) is 18.7 Å². The Hall–Kier alpha value is -0.570. The number of rotatable bonds is 5. The van der Waals surface area contributed by atoms with Crippen molar-refractivity contribution in [1.82, 2.24) is 4.90 Å². The van der Waals surface area contributed by atoms with Gasteiger partial charge in [0, 0.05) is 25.6 Å². The van der Waals surface area contributed by atoms with Crippen molar-refractivity contribution in [2.45, 2.75) is 45.6 Å². The molecule has 0 aromatic rings. The standard InChI is InChI=1S/C11H22N2O/c1-3-13(8-10-5-4-6-10)11(14)7-9(2)12/h9-10H,3-8,12H2,1-2H3. The van der Waals surface area contributed by atoms with E-state index in [-0.39, 0.29) is 11.9 Å². The summed E-state index contributed by atoms with van der Waals surface area (Å²) in [7, 11) is 0. The summed E-state index contributed by atoms with van der Waals surface area (Å²) in [6, 6.07) is -0.0158. The van der Waals surface area contributed by atoms with Gasteiger partial charge in [-0.2, -0.15) is 0 Å². The molecule has 3 nitrogen and oxygen atoms in total. The molecule has 0 aliphatic heterocycles. The average molecular weight is 198 g/mol. The van der Waals surface area contributed by atoms with Gasteiger partial charge in [-0.15, -0.1) is 0 Å². The summed E-state index contributed by atoms with van der Waals surface area (Å²) in [5.41, 5.74) is 5.62. The van der Waals surface area contributed by atoms with Gasteiger partial charge in [0.15, 0.2) is 0 Å². The first-order chi connectivity index (χ1) is 6.63. The Morgan fingerprint density at radius 3 is 2.57 bits per heavy atom. The Balaban J connectivity index is 2.31. The smallest absolute Gasteiger partial charge is 0.224 e. The van der Waals surface area contributed by atoms with Gasteiger partial charge < -0.3 is 10.6 Å². The van der Waals surface area contributed by atoms with Crippen LogP contribution in [0, 0.1) is 5.92 Å². The largest absolute Gasteiger partial charge is 0.343 e. The number of hydrogen-bond donors (Lipinski definition) is 1. The van der Waals surface area contributed by atoms with Crippen LogP contribution in [0.3, 0.4) is 0 Å². The van der Waals surface area contributed by atoms with E-state index in [2.05, 4.69) is 0 Å². The number of amides is 1. The summed E-state index contributed by atoms with van der Waals surface area (Å²) >= 11 is 0. The Kier molecular flexibility index (Phi) is 4.39. The molecule has 1 unspecified atom stereocenters. The lowest BCUT2D eigenvalue weighted by molar-refractivity contribution is -0.132. The fourth-order valence-electron chi connectivity index (χ4n) is 1.80. The highest BCUT2D eigenvalue weighted by Crippen LogP contribution is 2.27. The Labute approximate surface area is 86.6 Å². The molecule has 0 bridgehead atoms. The maximum atomic E-state index is 11.7. The lowest BCUT2D eigenvalue weighted by atomic mass is 9.85. The van der Waals surface area contributed by atoms with Crippen LogP contribution in [0.1, 0.15) is 39.5 Å². The quantitative estimate of drug-likeness (QED) is 0.725. The fourth-order valence-corrected chi connectivity index (χ4v) is 1.80. The van der Waals surface area contributed by atoms with E-state index in [4.69, 9.17) is 5.73 Å². The summed E-state index contributed by atoms with van der Waals surface area (Å²) in [6.07, 6.45) is 4.41. The molecule has 1 rings (SSSR count). The van der Waals surface area contributed by atoms with Gasteiger partial charge in [-0.3, -0.25) is 4.79 Å². The highest BCUT2D eigenvalue weighted by Gasteiger charge is 2.22. The molecular formula is C11H22N2O. The fraction of sp³-hybridized carbons (Fsp3) is 0.909. The van der Waals surface area contributed by atoms with Gasteiger partial charge >= 0.3 is 0 Å². The van der Waals surface area contributed by atoms with E-state index in [1.165, 1.54) is 19.3 Å². The molecule has 1 saturated carbocycles. The maximum absolute atomic E-state index is 11.7. The summed E-state index contributed by atoms with van der Waals surface area (Å²) < 4.78 is 0. The zero-order chi connectivity index (χ0) is 10.6. The molecule has 1 atom stereocenters. The van der Waals surface area contributed by atoms with Crippen molar-refractivity contribution in [2.75, 3.05) is 13.1 Å². The second-order valence-electron chi connectivity index (χ2n) is 4.41. The first-order valence-electron chi connectivity index (χ1n) is 5.66. The van der Waals surface area contributed by atoms with Crippen LogP contribution >= 0.6 is 0 Å². The van der Waals surface area contributed by atoms with Crippen molar-refractivity contribution in [3.05, 3.63) is 0 Å². The van der Waals surface area contributed by atoms with Crippen molar-refractivity contribution in [1.29, 1.82) is 0 Å². The summed E-state index contributed by atoms with van der Waals surface area (Å²) in [5.74, 6) is 0.974. The summed E-state index contributed by atoms with van der Waals surface area (Å²) in [5, 5.41) is 0. The number of carbonyl (C=O) groups is 1. The van der Waals surface area contributed by atoms with Crippen molar-refractivity contribution < 1.29 is 4.79 Å². The third-order valence-electron chi connectivity index (χ3n) is 2.93. The molecule has 14 heavy (non-hydrogen) atoms. The predicted octanol–water partition coefficient (Wildman–Crippen LogP) is 1.37. The van der Waals surface area contributed by atoms with Gasteiger partial charge in [0.05, 0.1) is 0 Å². The second-order valence-corrected chi connectivity index (χ2v) is 4.41. The molecular weight excluding hydrogens is 176 g/mol. The molecule has 1 aliphatic carbocycles. The number of nitrogens with two attached hydrogens (primary N) is 1. The van der Waals surface area contributed by atoms with Gasteiger partial charge in [0.2, 0.25) is 5.91 Å². The molecule has 0 saturated heterocycles. The van der Waals surface area contributed by atoms with E-state index in [9.17, 15) is 4.79 Å². The third-order valence-corrected chi connectivity index (χ3v) is 2.93. The molecule has 0 spiro atoms. The van der Waals surface area contributed by atoms with Gasteiger partial charge in [0.25, 0.3) is 0 Å². The van der Waals surface area contributed by atoms with Crippen LogP contribution in [0.15, 0.2) is 0 Å². The maximum Gasteiger partial charge on any atom is 0.224 e. The van der Waals surface area contributed by atoms with Crippen LogP contribution in [0.4, 0.5) is 0 Å². The van der Waals surface area contributed by atoms with Gasteiger partial charge in [-0.25, -0.2) is 0 Å². The number of nitrogens with zero attached hydrogens (tertiary/aromatic N) is 1. The first kappa shape index (κ1) is 11.5. The molecule has 0 aromatic heterocycles. The van der Waals surface area contributed by atoms with Gasteiger partial charge in [0.1, 0.15) is 0 Å². The Bertz CT molecular complexity index is 188. The number of hydrogen-bond acceptors (Lipinski definition) is 2. The van der Waals surface area contributed by atoms with Crippen LogP contribution < -0.4 is 5.73 Å². The van der Waals surface area contributed by atoms with E-state index in [0.29, 0.717) is 6.42 Å². The topological polar surface area (TPSA) is 46.3 Å². The lowest BCUT2D eigenvalue weighted by Gasteiger charge is -2.32. The minimum Gasteiger partial charge on any atom is -0.343 e. The van der Waals surface area contributed by atoms with Crippen LogP contribution in [-0.4, -0.2) is 29.9 Å². The molecule has 1 aliphatic rings. The summed E-state index contributed by atoms with van der Waals surface area (Å²) in [4.78, 5) is 13.7. The Morgan fingerprint density at radius 1 is 1.57 bits per heavy atom. The van der Waals surface area contributed by atoms with E-state index in [1.54, 1.807) is 0 Å². The van der Waals surface area contributed by atoms with E-state index >= 15 is 0 Å². The van der Waals surface area contributed by atoms with Gasteiger partial charge in [-0.05, 0) is 32.6 Å². The third kappa shape index (κ3) is 3.29. The monoisotopic (exact) mass is 198 g/mol. The summed E-state index contributed by atoms with van der Waals surface area (Å²) in [6.45, 7) is 5.69. The minimum atomic E-state index is -0.0158. The van der Waals surface area contributed by atoms with Crippen LogP contribution in [-0.2, 0) is 4.79 Å². The zero-order valence-corrected chi connectivity index (χ0v) is 9.33. The van der Waals surface area contributed by atoms with Crippen molar-refractivity contribution in [3.63, 3.8) is 0 Å². The average Bonchev–Trinajstić information content (AvgIpc) is 2.01. The molecule has 1 amide bonds. The van der Waals surface area contributed by atoms with Crippen molar-refractivity contribution in [3.8, 4) is 0 Å². The predicted molar refractivity (Wildman–Crippen MR) is 57.9 cm³/mol. The molecule has 0 radical (unpaired) electrons. The second kappa shape index (κ2) is 5.35. The van der Waals surface area contributed by atoms with Gasteiger partial charge in [-0.1, -0.05) is 6.42 Å². The zero-order valence-electron chi connectivity index (χ0n) is 9.33. The number of carbonyl (C=O) groups excluding carboxylic acids is 1. The molecule has 0 aromatic carbocycles. The molecule has 3 heteroatoms. The SMILES string of the molecule is CCN(CC1CCC1)C(=O)CC(C)N. The minimum absolute atomic E-state index is 0.0158. The van der Waals surface area contributed by atoms with E-state index in [0.717, 1.165) is 19.0 Å². The van der Waals surface area contributed by atoms with Crippen LogP contribution in [0.5, 0.6) is 0 Å². The van der Waals surface area contributed by atoms with E-state index < -0.39 is 0 Å².